The summed E-state index contributed by atoms with van der Waals surface area (Å²) in [7, 11) is 1.63. The minimum Gasteiger partial charge on any atom is -0.497 e. The van der Waals surface area contributed by atoms with E-state index >= 15 is 0 Å². The number of benzene rings is 1. The number of ether oxygens (including phenoxy) is 1. The lowest BCUT2D eigenvalue weighted by atomic mass is 9.77. The van der Waals surface area contributed by atoms with E-state index in [9.17, 15) is 0 Å². The number of nitrogens with two attached hydrogens (primary N) is 1. The normalized spacial score (nSPS) is 16.3. The highest BCUT2D eigenvalue weighted by atomic mass is 35.5. The Bertz CT molecular complexity index is 567. The summed E-state index contributed by atoms with van der Waals surface area (Å²) < 4.78 is 10.4. The molecule has 1 aliphatic carbocycles. The van der Waals surface area contributed by atoms with Gasteiger partial charge >= 0.3 is 0 Å². The molecule has 102 valence electrons. The third-order valence-electron chi connectivity index (χ3n) is 3.43. The molecule has 0 amide bonds. The van der Waals surface area contributed by atoms with Gasteiger partial charge in [0.2, 0.25) is 0 Å². The molecule has 0 unspecified atom stereocenters. The van der Waals surface area contributed by atoms with Crippen molar-refractivity contribution < 1.29 is 9.26 Å². The molecule has 1 heterocycles. The number of methoxy groups -OCH3 is 1. The fraction of sp³-hybridized carbons (Fsp3) is 0.385. The van der Waals surface area contributed by atoms with E-state index in [-0.39, 0.29) is 17.9 Å². The molecule has 0 saturated heterocycles. The highest BCUT2D eigenvalue weighted by Crippen LogP contribution is 2.37. The fourth-order valence-electron chi connectivity index (χ4n) is 2.08. The molecule has 0 radical (unpaired) electrons. The molecule has 6 heteroatoms. The van der Waals surface area contributed by atoms with Gasteiger partial charge in [0.05, 0.1) is 12.6 Å². The molecule has 5 nitrogen and oxygen atoms in total. The Morgan fingerprint density at radius 1 is 1.37 bits per heavy atom. The van der Waals surface area contributed by atoms with Crippen molar-refractivity contribution in [2.24, 2.45) is 5.73 Å². The smallest absolute Gasteiger partial charge is 0.258 e. The second-order valence-corrected chi connectivity index (χ2v) is 4.66. The van der Waals surface area contributed by atoms with Crippen molar-refractivity contribution in [1.29, 1.82) is 0 Å². The lowest BCUT2D eigenvalue weighted by Crippen LogP contribution is -2.44. The van der Waals surface area contributed by atoms with Gasteiger partial charge in [0.1, 0.15) is 5.75 Å². The Labute approximate surface area is 117 Å². The van der Waals surface area contributed by atoms with Gasteiger partial charge in [0.15, 0.2) is 5.82 Å². The first-order chi connectivity index (χ1) is 8.71. The van der Waals surface area contributed by atoms with Crippen LogP contribution in [0.2, 0.25) is 0 Å². The monoisotopic (exact) mass is 281 g/mol. The van der Waals surface area contributed by atoms with E-state index in [1.165, 1.54) is 0 Å². The van der Waals surface area contributed by atoms with Gasteiger partial charge in [-0.15, -0.1) is 12.4 Å². The van der Waals surface area contributed by atoms with E-state index in [1.54, 1.807) is 7.11 Å². The average Bonchev–Trinajstić information content (AvgIpc) is 2.86. The van der Waals surface area contributed by atoms with Crippen LogP contribution in [0.4, 0.5) is 0 Å². The van der Waals surface area contributed by atoms with Crippen molar-refractivity contribution in [2.45, 2.75) is 24.8 Å². The maximum absolute atomic E-state index is 6.16. The van der Waals surface area contributed by atoms with Crippen LogP contribution in [0.3, 0.4) is 0 Å². The fourth-order valence-corrected chi connectivity index (χ4v) is 2.08. The summed E-state index contributed by atoms with van der Waals surface area (Å²) in [5, 5.41) is 3.99. The molecule has 1 aromatic heterocycles. The number of nitrogens with zero attached hydrogens (tertiary/aromatic N) is 2. The molecule has 0 atom stereocenters. The molecule has 1 fully saturated rings. The van der Waals surface area contributed by atoms with E-state index < -0.39 is 0 Å². The van der Waals surface area contributed by atoms with Crippen LogP contribution in [0.1, 0.15) is 25.1 Å². The zero-order chi connectivity index (χ0) is 12.6. The van der Waals surface area contributed by atoms with Gasteiger partial charge in [0, 0.05) is 5.56 Å². The molecule has 1 saturated carbocycles. The molecule has 2 aromatic rings. The van der Waals surface area contributed by atoms with Crippen molar-refractivity contribution >= 4 is 12.4 Å². The van der Waals surface area contributed by atoms with Crippen molar-refractivity contribution in [3.8, 4) is 17.2 Å². The van der Waals surface area contributed by atoms with Gasteiger partial charge in [-0.05, 0) is 37.5 Å². The molecular weight excluding hydrogens is 266 g/mol. The van der Waals surface area contributed by atoms with Crippen LogP contribution in [0.15, 0.2) is 28.8 Å². The molecule has 0 bridgehead atoms. The Morgan fingerprint density at radius 2 is 2.16 bits per heavy atom. The second-order valence-electron chi connectivity index (χ2n) is 4.66. The third-order valence-corrected chi connectivity index (χ3v) is 3.43. The summed E-state index contributed by atoms with van der Waals surface area (Å²) in [5.74, 6) is 1.85. The summed E-state index contributed by atoms with van der Waals surface area (Å²) in [4.78, 5) is 4.39. The molecule has 2 N–H and O–H groups in total. The zero-order valence-electron chi connectivity index (χ0n) is 10.6. The number of aromatic nitrogens is 2. The molecule has 3 rings (SSSR count). The highest BCUT2D eigenvalue weighted by Gasteiger charge is 2.39. The quantitative estimate of drug-likeness (QED) is 0.936. The third kappa shape index (κ3) is 2.43. The van der Waals surface area contributed by atoms with Gasteiger partial charge in [0.25, 0.3) is 5.89 Å². The standard InChI is InChI=1S/C13H15N3O2.ClH/c1-17-10-5-2-4-9(8-10)11-15-12(16-18-11)13(14)6-3-7-13;/h2,4-5,8H,3,6-7,14H2,1H3;1H. The van der Waals surface area contributed by atoms with Crippen molar-refractivity contribution in [3.63, 3.8) is 0 Å². The molecular formula is C13H16ClN3O2. The van der Waals surface area contributed by atoms with Crippen molar-refractivity contribution in [1.82, 2.24) is 10.1 Å². The Kier molecular flexibility index (Phi) is 3.78. The summed E-state index contributed by atoms with van der Waals surface area (Å²) in [5.41, 5.74) is 6.62. The average molecular weight is 282 g/mol. The number of hydrogen-bond acceptors (Lipinski definition) is 5. The van der Waals surface area contributed by atoms with E-state index in [4.69, 9.17) is 15.0 Å². The van der Waals surface area contributed by atoms with Crippen molar-refractivity contribution in [3.05, 3.63) is 30.1 Å². The topological polar surface area (TPSA) is 74.2 Å². The molecule has 1 aliphatic rings. The Hall–Kier alpha value is -1.59. The minimum atomic E-state index is -0.388. The Balaban J connectivity index is 0.00000133. The van der Waals surface area contributed by atoms with E-state index in [2.05, 4.69) is 10.1 Å². The van der Waals surface area contributed by atoms with Gasteiger partial charge in [-0.2, -0.15) is 4.98 Å². The van der Waals surface area contributed by atoms with Crippen LogP contribution >= 0.6 is 12.4 Å². The molecule has 19 heavy (non-hydrogen) atoms. The minimum absolute atomic E-state index is 0. The van der Waals surface area contributed by atoms with Crippen LogP contribution in [-0.2, 0) is 5.54 Å². The van der Waals surface area contributed by atoms with E-state index in [0.29, 0.717) is 11.7 Å². The zero-order valence-corrected chi connectivity index (χ0v) is 11.4. The largest absolute Gasteiger partial charge is 0.497 e. The second kappa shape index (κ2) is 5.19. The summed E-state index contributed by atoms with van der Waals surface area (Å²) in [6.45, 7) is 0. The van der Waals surface area contributed by atoms with Gasteiger partial charge < -0.3 is 15.0 Å². The van der Waals surface area contributed by atoms with Gasteiger partial charge in [-0.1, -0.05) is 11.2 Å². The summed E-state index contributed by atoms with van der Waals surface area (Å²) in [6.07, 6.45) is 2.97. The van der Waals surface area contributed by atoms with Crippen LogP contribution in [0, 0.1) is 0 Å². The van der Waals surface area contributed by atoms with Gasteiger partial charge in [-0.25, -0.2) is 0 Å². The van der Waals surface area contributed by atoms with E-state index in [1.807, 2.05) is 24.3 Å². The molecule has 0 spiro atoms. The first kappa shape index (κ1) is 13.8. The van der Waals surface area contributed by atoms with Crippen LogP contribution < -0.4 is 10.5 Å². The van der Waals surface area contributed by atoms with Gasteiger partial charge in [-0.3, -0.25) is 0 Å². The lowest BCUT2D eigenvalue weighted by molar-refractivity contribution is 0.229. The number of hydrogen-bond donors (Lipinski definition) is 1. The predicted molar refractivity (Wildman–Crippen MR) is 73.3 cm³/mol. The van der Waals surface area contributed by atoms with Crippen LogP contribution in [0.25, 0.3) is 11.5 Å². The van der Waals surface area contributed by atoms with E-state index in [0.717, 1.165) is 30.6 Å². The van der Waals surface area contributed by atoms with Crippen LogP contribution in [0.5, 0.6) is 5.75 Å². The SMILES string of the molecule is COc1cccc(-c2nc(C3(N)CCC3)no2)c1.Cl. The number of halogens is 1. The maximum Gasteiger partial charge on any atom is 0.258 e. The first-order valence-corrected chi connectivity index (χ1v) is 5.99. The van der Waals surface area contributed by atoms with Crippen molar-refractivity contribution in [2.75, 3.05) is 7.11 Å². The predicted octanol–water partition coefficient (Wildman–Crippen LogP) is 2.50. The molecule has 0 aliphatic heterocycles. The molecule has 1 aromatic carbocycles. The first-order valence-electron chi connectivity index (χ1n) is 5.99. The summed E-state index contributed by atoms with van der Waals surface area (Å²) in [6, 6.07) is 7.53. The lowest BCUT2D eigenvalue weighted by Gasteiger charge is -2.34. The van der Waals surface area contributed by atoms with Crippen LogP contribution in [-0.4, -0.2) is 17.3 Å². The Morgan fingerprint density at radius 3 is 2.79 bits per heavy atom. The number of rotatable bonds is 3. The summed E-state index contributed by atoms with van der Waals surface area (Å²) >= 11 is 0. The highest BCUT2D eigenvalue weighted by molar-refractivity contribution is 5.85. The maximum atomic E-state index is 6.16.